The third-order valence-corrected chi connectivity index (χ3v) is 1.98. The highest BCUT2D eigenvalue weighted by Crippen LogP contribution is 2.21. The lowest BCUT2D eigenvalue weighted by Gasteiger charge is -2.11. The molecule has 0 radical (unpaired) electrons. The smallest absolute Gasteiger partial charge is 0.335 e. The number of rotatable bonds is 4. The molecule has 0 heterocycles. The Balaban J connectivity index is 2.98. The number of hydrogen-bond donors (Lipinski definition) is 2. The van der Waals surface area contributed by atoms with Crippen LogP contribution in [-0.4, -0.2) is 17.6 Å². The van der Waals surface area contributed by atoms with Crippen molar-refractivity contribution in [1.29, 1.82) is 0 Å². The Morgan fingerprint density at radius 1 is 1.38 bits per heavy atom. The van der Waals surface area contributed by atoms with E-state index in [-0.39, 0.29) is 11.6 Å². The first-order chi connectivity index (χ1) is 7.41. The van der Waals surface area contributed by atoms with Gasteiger partial charge in [0.15, 0.2) is 0 Å². The molecule has 16 heavy (non-hydrogen) atoms. The first-order valence-electron chi connectivity index (χ1n) is 4.88. The Morgan fingerprint density at radius 2 is 1.88 bits per heavy atom. The van der Waals surface area contributed by atoms with E-state index < -0.39 is 23.2 Å². The molecular weight excluding hydrogens is 216 g/mol. The zero-order valence-electron chi connectivity index (χ0n) is 9.05. The number of benzene rings is 1. The molecule has 2 N–H and O–H groups in total. The van der Waals surface area contributed by atoms with Gasteiger partial charge in [-0.1, -0.05) is 13.8 Å². The molecule has 0 amide bonds. The van der Waals surface area contributed by atoms with Crippen molar-refractivity contribution < 1.29 is 18.7 Å². The van der Waals surface area contributed by atoms with Crippen LogP contribution in [0.2, 0.25) is 0 Å². The Bertz CT molecular complexity index is 382. The highest BCUT2D eigenvalue weighted by Gasteiger charge is 2.14. The molecule has 0 aromatic heterocycles. The summed E-state index contributed by atoms with van der Waals surface area (Å²) in [5, 5.41) is 11.2. The number of aromatic carboxylic acids is 1. The summed E-state index contributed by atoms with van der Waals surface area (Å²) in [7, 11) is 0. The lowest BCUT2D eigenvalue weighted by molar-refractivity contribution is 0.0696. The van der Waals surface area contributed by atoms with Crippen LogP contribution in [0.4, 0.5) is 14.5 Å². The summed E-state index contributed by atoms with van der Waals surface area (Å²) in [4.78, 5) is 10.5. The molecule has 1 aromatic carbocycles. The van der Waals surface area contributed by atoms with Gasteiger partial charge in [-0.25, -0.2) is 13.6 Å². The Hall–Kier alpha value is -1.65. The maximum Gasteiger partial charge on any atom is 0.335 e. The number of hydrogen-bond acceptors (Lipinski definition) is 2. The zero-order valence-corrected chi connectivity index (χ0v) is 9.05. The second-order valence-electron chi connectivity index (χ2n) is 3.89. The van der Waals surface area contributed by atoms with Crippen molar-refractivity contribution in [3.05, 3.63) is 29.3 Å². The van der Waals surface area contributed by atoms with Gasteiger partial charge >= 0.3 is 5.97 Å². The van der Waals surface area contributed by atoms with Crippen molar-refractivity contribution in [2.24, 2.45) is 5.92 Å². The van der Waals surface area contributed by atoms with E-state index in [0.29, 0.717) is 6.54 Å². The quantitative estimate of drug-likeness (QED) is 0.834. The minimum Gasteiger partial charge on any atom is -0.478 e. The molecule has 0 aliphatic carbocycles. The molecule has 0 spiro atoms. The van der Waals surface area contributed by atoms with Crippen molar-refractivity contribution in [1.82, 2.24) is 0 Å². The predicted octanol–water partition coefficient (Wildman–Crippen LogP) is 2.73. The highest BCUT2D eigenvalue weighted by atomic mass is 19.1. The number of halogens is 2. The first kappa shape index (κ1) is 12.4. The number of anilines is 1. The molecule has 0 fully saturated rings. The molecular formula is C11H13F2NO2. The van der Waals surface area contributed by atoms with Gasteiger partial charge in [0.05, 0.1) is 5.56 Å². The first-order valence-corrected chi connectivity index (χ1v) is 4.88. The van der Waals surface area contributed by atoms with Crippen LogP contribution in [0.3, 0.4) is 0 Å². The SMILES string of the molecule is CC(C)CNc1c(F)cc(C(=O)O)cc1F. The summed E-state index contributed by atoms with van der Waals surface area (Å²) in [6, 6.07) is 1.60. The normalized spacial score (nSPS) is 10.6. The lowest BCUT2D eigenvalue weighted by Crippen LogP contribution is -2.11. The maximum atomic E-state index is 13.4. The predicted molar refractivity (Wildman–Crippen MR) is 56.6 cm³/mol. The van der Waals surface area contributed by atoms with E-state index in [9.17, 15) is 13.6 Å². The van der Waals surface area contributed by atoms with Crippen molar-refractivity contribution in [2.75, 3.05) is 11.9 Å². The maximum absolute atomic E-state index is 13.4. The van der Waals surface area contributed by atoms with Gasteiger partial charge in [-0.05, 0) is 18.1 Å². The number of carboxylic acids is 1. The Labute approximate surface area is 92.1 Å². The van der Waals surface area contributed by atoms with Crippen molar-refractivity contribution in [2.45, 2.75) is 13.8 Å². The molecule has 0 aliphatic heterocycles. The van der Waals surface area contributed by atoms with Crippen LogP contribution >= 0.6 is 0 Å². The summed E-state index contributed by atoms with van der Waals surface area (Å²) in [5.74, 6) is -2.90. The second kappa shape index (κ2) is 4.92. The molecule has 88 valence electrons. The van der Waals surface area contributed by atoms with Crippen molar-refractivity contribution >= 4 is 11.7 Å². The van der Waals surface area contributed by atoms with Gasteiger partial charge in [-0.2, -0.15) is 0 Å². The van der Waals surface area contributed by atoms with Crippen LogP contribution in [-0.2, 0) is 0 Å². The molecule has 3 nitrogen and oxygen atoms in total. The minimum atomic E-state index is -1.35. The van der Waals surface area contributed by atoms with E-state index in [1.807, 2.05) is 13.8 Å². The molecule has 0 bridgehead atoms. The molecule has 0 saturated heterocycles. The van der Waals surface area contributed by atoms with Gasteiger partial charge in [0.1, 0.15) is 17.3 Å². The third kappa shape index (κ3) is 2.92. The fraction of sp³-hybridized carbons (Fsp3) is 0.364. The van der Waals surface area contributed by atoms with Crippen LogP contribution in [0.15, 0.2) is 12.1 Å². The fourth-order valence-electron chi connectivity index (χ4n) is 1.17. The van der Waals surface area contributed by atoms with Gasteiger partial charge in [0.25, 0.3) is 0 Å². The van der Waals surface area contributed by atoms with Gasteiger partial charge in [-0.15, -0.1) is 0 Å². The van der Waals surface area contributed by atoms with Gasteiger partial charge < -0.3 is 10.4 Å². The summed E-state index contributed by atoms with van der Waals surface area (Å²) < 4.78 is 26.7. The average molecular weight is 229 g/mol. The summed E-state index contributed by atoms with van der Waals surface area (Å²) in [5.41, 5.74) is -0.677. The monoisotopic (exact) mass is 229 g/mol. The Morgan fingerprint density at radius 3 is 2.25 bits per heavy atom. The van der Waals surface area contributed by atoms with Crippen LogP contribution in [0.5, 0.6) is 0 Å². The summed E-state index contributed by atoms with van der Waals surface area (Å²) in [6.07, 6.45) is 0. The van der Waals surface area contributed by atoms with E-state index in [2.05, 4.69) is 5.32 Å². The fourth-order valence-corrected chi connectivity index (χ4v) is 1.17. The Kier molecular flexibility index (Phi) is 3.82. The third-order valence-electron chi connectivity index (χ3n) is 1.98. The molecule has 0 atom stereocenters. The van der Waals surface area contributed by atoms with Crippen molar-refractivity contribution in [3.8, 4) is 0 Å². The summed E-state index contributed by atoms with van der Waals surface area (Å²) >= 11 is 0. The number of carbonyl (C=O) groups is 1. The standard InChI is InChI=1S/C11H13F2NO2/c1-6(2)5-14-10-8(12)3-7(11(15)16)4-9(10)13/h3-4,6,14H,5H2,1-2H3,(H,15,16). The van der Waals surface area contributed by atoms with Crippen LogP contribution in [0, 0.1) is 17.6 Å². The number of carboxylic acid groups (broad SMARTS) is 1. The lowest BCUT2D eigenvalue weighted by atomic mass is 10.1. The largest absolute Gasteiger partial charge is 0.478 e. The van der Waals surface area contributed by atoms with Crippen LogP contribution in [0.25, 0.3) is 0 Å². The van der Waals surface area contributed by atoms with E-state index in [0.717, 1.165) is 12.1 Å². The molecule has 0 aliphatic rings. The van der Waals surface area contributed by atoms with E-state index in [1.165, 1.54) is 0 Å². The molecule has 0 unspecified atom stereocenters. The van der Waals surface area contributed by atoms with Gasteiger partial charge in [0.2, 0.25) is 0 Å². The van der Waals surface area contributed by atoms with Crippen LogP contribution < -0.4 is 5.32 Å². The molecule has 0 saturated carbocycles. The van der Waals surface area contributed by atoms with Gasteiger partial charge in [-0.3, -0.25) is 0 Å². The van der Waals surface area contributed by atoms with E-state index in [4.69, 9.17) is 5.11 Å². The minimum absolute atomic E-state index is 0.234. The molecule has 1 aromatic rings. The average Bonchev–Trinajstić information content (AvgIpc) is 2.15. The zero-order chi connectivity index (χ0) is 12.3. The van der Waals surface area contributed by atoms with Crippen LogP contribution in [0.1, 0.15) is 24.2 Å². The second-order valence-corrected chi connectivity index (χ2v) is 3.89. The van der Waals surface area contributed by atoms with E-state index >= 15 is 0 Å². The molecule has 1 rings (SSSR count). The highest BCUT2D eigenvalue weighted by molar-refractivity contribution is 5.88. The van der Waals surface area contributed by atoms with Gasteiger partial charge in [0, 0.05) is 6.54 Å². The molecule has 5 heteroatoms. The van der Waals surface area contributed by atoms with Crippen molar-refractivity contribution in [3.63, 3.8) is 0 Å². The number of nitrogens with one attached hydrogen (secondary N) is 1. The topological polar surface area (TPSA) is 49.3 Å². The van der Waals surface area contributed by atoms with E-state index in [1.54, 1.807) is 0 Å². The summed E-state index contributed by atoms with van der Waals surface area (Å²) in [6.45, 7) is 4.21.